The molecule has 2 heterocycles. The van der Waals surface area contributed by atoms with Crippen LogP contribution in [0.5, 0.6) is 0 Å². The van der Waals surface area contributed by atoms with Crippen LogP contribution in [0.3, 0.4) is 0 Å². The molecule has 10 heteroatoms. The molecule has 8 nitrogen and oxygen atoms in total. The number of benzene rings is 1. The molecule has 140 valence electrons. The fourth-order valence-corrected chi connectivity index (χ4v) is 3.30. The van der Waals surface area contributed by atoms with Gasteiger partial charge in [0.2, 0.25) is 0 Å². The van der Waals surface area contributed by atoms with Crippen LogP contribution in [-0.2, 0) is 9.53 Å². The topological polar surface area (TPSA) is 107 Å². The number of halogens is 1. The van der Waals surface area contributed by atoms with Crippen LogP contribution >= 0.6 is 23.8 Å². The minimum Gasteiger partial charge on any atom is -0.466 e. The lowest BCUT2D eigenvalue weighted by Gasteiger charge is -2.27. The quantitative estimate of drug-likeness (QED) is 0.343. The molecule has 0 fully saturated rings. The highest BCUT2D eigenvalue weighted by Gasteiger charge is 2.32. The largest absolute Gasteiger partial charge is 0.466 e. The predicted octanol–water partition coefficient (Wildman–Crippen LogP) is 3.47. The van der Waals surface area contributed by atoms with Gasteiger partial charge in [-0.2, -0.15) is 0 Å². The number of esters is 1. The van der Waals surface area contributed by atoms with Gasteiger partial charge in [0, 0.05) is 23.4 Å². The third kappa shape index (κ3) is 3.64. The zero-order valence-electron chi connectivity index (χ0n) is 14.2. The van der Waals surface area contributed by atoms with E-state index in [0.29, 0.717) is 33.5 Å². The number of furan rings is 1. The number of nitrogens with one attached hydrogen (secondary N) is 2. The molecule has 0 radical (unpaired) electrons. The van der Waals surface area contributed by atoms with Gasteiger partial charge in [0.1, 0.15) is 17.6 Å². The summed E-state index contributed by atoms with van der Waals surface area (Å²) in [5.74, 6) is 0.298. The number of carbonyl (C=O) groups excluding carboxylic acids is 1. The van der Waals surface area contributed by atoms with E-state index in [-0.39, 0.29) is 10.7 Å². The summed E-state index contributed by atoms with van der Waals surface area (Å²) in [4.78, 5) is 22.5. The van der Waals surface area contributed by atoms with Crippen molar-refractivity contribution in [3.05, 3.63) is 62.5 Å². The lowest BCUT2D eigenvalue weighted by atomic mass is 10.0. The molecular weight excluding hydrogens is 394 g/mol. The standard InChI is InChI=1S/C17H14ClN3O5S/c1-8-14(16(22)25-2)15(20-17(27)19-8)13-6-5-12(26-13)10-4-3-9(21(23)24)7-11(10)18/h3-7,15H,1-2H3,(H2,19,20,27)/t15-/m1/s1. The van der Waals surface area contributed by atoms with Gasteiger partial charge in [-0.25, -0.2) is 4.79 Å². The molecular formula is C17H14ClN3O5S. The summed E-state index contributed by atoms with van der Waals surface area (Å²) in [6, 6.07) is 6.79. The van der Waals surface area contributed by atoms with Gasteiger partial charge in [-0.15, -0.1) is 0 Å². The molecule has 0 amide bonds. The molecule has 0 spiro atoms. The smallest absolute Gasteiger partial charge is 0.338 e. The van der Waals surface area contributed by atoms with Crippen molar-refractivity contribution in [1.29, 1.82) is 0 Å². The molecule has 3 rings (SSSR count). The summed E-state index contributed by atoms with van der Waals surface area (Å²) in [5, 5.41) is 17.2. The molecule has 0 unspecified atom stereocenters. The number of nitrogens with zero attached hydrogens (tertiary/aromatic N) is 1. The molecule has 1 aliphatic heterocycles. The van der Waals surface area contributed by atoms with Crippen LogP contribution < -0.4 is 10.6 Å². The van der Waals surface area contributed by atoms with E-state index in [4.69, 9.17) is 33.0 Å². The van der Waals surface area contributed by atoms with Crippen molar-refractivity contribution in [2.24, 2.45) is 0 Å². The first-order valence-corrected chi connectivity index (χ1v) is 8.51. The average molecular weight is 408 g/mol. The molecule has 0 bridgehead atoms. The van der Waals surface area contributed by atoms with Crippen molar-refractivity contribution in [2.75, 3.05) is 7.11 Å². The van der Waals surface area contributed by atoms with Gasteiger partial charge in [-0.1, -0.05) is 11.6 Å². The highest BCUT2D eigenvalue weighted by molar-refractivity contribution is 7.80. The number of carbonyl (C=O) groups is 1. The van der Waals surface area contributed by atoms with Crippen molar-refractivity contribution in [2.45, 2.75) is 13.0 Å². The highest BCUT2D eigenvalue weighted by Crippen LogP contribution is 2.35. The van der Waals surface area contributed by atoms with Gasteiger partial charge in [-0.05, 0) is 37.3 Å². The first-order valence-electron chi connectivity index (χ1n) is 7.72. The molecule has 1 atom stereocenters. The number of allylic oxidation sites excluding steroid dienone is 1. The van der Waals surface area contributed by atoms with Gasteiger partial charge >= 0.3 is 5.97 Å². The summed E-state index contributed by atoms with van der Waals surface area (Å²) in [6.45, 7) is 1.71. The molecule has 2 aromatic rings. The van der Waals surface area contributed by atoms with E-state index < -0.39 is 16.9 Å². The third-order valence-corrected chi connectivity index (χ3v) is 4.55. The van der Waals surface area contributed by atoms with E-state index in [0.717, 1.165) is 0 Å². The van der Waals surface area contributed by atoms with E-state index in [1.165, 1.54) is 25.3 Å². The maximum atomic E-state index is 12.2. The van der Waals surface area contributed by atoms with Gasteiger partial charge in [0.25, 0.3) is 5.69 Å². The number of methoxy groups -OCH3 is 1. The summed E-state index contributed by atoms with van der Waals surface area (Å²) in [5.41, 5.74) is 1.27. The summed E-state index contributed by atoms with van der Waals surface area (Å²) >= 11 is 11.3. The SMILES string of the molecule is COC(=O)C1=C(C)NC(=S)N[C@@H]1c1ccc(-c2ccc([N+](=O)[O-])cc2Cl)o1. The third-order valence-electron chi connectivity index (χ3n) is 4.01. The van der Waals surface area contributed by atoms with Gasteiger partial charge in [0.15, 0.2) is 5.11 Å². The van der Waals surface area contributed by atoms with Crippen molar-refractivity contribution in [1.82, 2.24) is 10.6 Å². The van der Waals surface area contributed by atoms with E-state index >= 15 is 0 Å². The van der Waals surface area contributed by atoms with Crippen molar-refractivity contribution >= 4 is 40.6 Å². The van der Waals surface area contributed by atoms with Gasteiger partial charge in [0.05, 0.1) is 22.6 Å². The first-order chi connectivity index (χ1) is 12.8. The predicted molar refractivity (Wildman–Crippen MR) is 102 cm³/mol. The molecule has 1 aromatic carbocycles. The Kier molecular flexibility index (Phi) is 5.15. The maximum absolute atomic E-state index is 12.2. The lowest BCUT2D eigenvalue weighted by Crippen LogP contribution is -2.44. The Hall–Kier alpha value is -2.91. The number of hydrogen-bond donors (Lipinski definition) is 2. The minimum absolute atomic E-state index is 0.118. The number of nitro groups is 1. The van der Waals surface area contributed by atoms with Crippen LogP contribution in [0.2, 0.25) is 5.02 Å². The zero-order valence-corrected chi connectivity index (χ0v) is 15.8. The first kappa shape index (κ1) is 18.9. The number of nitro benzene ring substituents is 1. The monoisotopic (exact) mass is 407 g/mol. The van der Waals surface area contributed by atoms with E-state index in [1.807, 2.05) is 0 Å². The van der Waals surface area contributed by atoms with E-state index in [9.17, 15) is 14.9 Å². The molecule has 0 saturated heterocycles. The van der Waals surface area contributed by atoms with Crippen LogP contribution in [0.1, 0.15) is 18.7 Å². The van der Waals surface area contributed by atoms with Gasteiger partial charge in [-0.3, -0.25) is 10.1 Å². The Morgan fingerprint density at radius 1 is 1.37 bits per heavy atom. The Balaban J connectivity index is 2.00. The zero-order chi connectivity index (χ0) is 19.7. The molecule has 2 N–H and O–H groups in total. The van der Waals surface area contributed by atoms with E-state index in [2.05, 4.69) is 10.6 Å². The van der Waals surface area contributed by atoms with Gasteiger partial charge < -0.3 is 19.8 Å². The summed E-state index contributed by atoms with van der Waals surface area (Å²) < 4.78 is 10.7. The Bertz CT molecular complexity index is 985. The average Bonchev–Trinajstić information content (AvgIpc) is 3.10. The highest BCUT2D eigenvalue weighted by atomic mass is 35.5. The second-order valence-corrected chi connectivity index (χ2v) is 6.50. The van der Waals surface area contributed by atoms with Crippen molar-refractivity contribution in [3.8, 4) is 11.3 Å². The Morgan fingerprint density at radius 3 is 2.74 bits per heavy atom. The normalized spacial score (nSPS) is 16.6. The van der Waals surface area contributed by atoms with E-state index in [1.54, 1.807) is 19.1 Å². The molecule has 1 aliphatic rings. The van der Waals surface area contributed by atoms with Crippen molar-refractivity contribution < 1.29 is 18.9 Å². The van der Waals surface area contributed by atoms with Crippen LogP contribution in [0.25, 0.3) is 11.3 Å². The second kappa shape index (κ2) is 7.37. The van der Waals surface area contributed by atoms with Crippen LogP contribution in [0.15, 0.2) is 46.0 Å². The molecule has 27 heavy (non-hydrogen) atoms. The molecule has 0 saturated carbocycles. The lowest BCUT2D eigenvalue weighted by molar-refractivity contribution is -0.384. The molecule has 0 aliphatic carbocycles. The maximum Gasteiger partial charge on any atom is 0.338 e. The number of hydrogen-bond acceptors (Lipinski definition) is 6. The fraction of sp³-hybridized carbons (Fsp3) is 0.176. The van der Waals surface area contributed by atoms with Crippen LogP contribution in [-0.4, -0.2) is 23.1 Å². The minimum atomic E-state index is -0.642. The molecule has 1 aromatic heterocycles. The number of rotatable bonds is 4. The number of thiocarbonyl (C=S) groups is 1. The van der Waals surface area contributed by atoms with Crippen LogP contribution in [0, 0.1) is 10.1 Å². The second-order valence-electron chi connectivity index (χ2n) is 5.69. The number of non-ortho nitro benzene ring substituents is 1. The Morgan fingerprint density at radius 2 is 2.11 bits per heavy atom. The van der Waals surface area contributed by atoms with Crippen molar-refractivity contribution in [3.63, 3.8) is 0 Å². The fourth-order valence-electron chi connectivity index (χ4n) is 2.76. The summed E-state index contributed by atoms with van der Waals surface area (Å²) in [7, 11) is 1.29. The number of ether oxygens (including phenoxy) is 1. The Labute approximate surface area is 164 Å². The summed E-state index contributed by atoms with van der Waals surface area (Å²) in [6.07, 6.45) is 0. The van der Waals surface area contributed by atoms with Crippen LogP contribution in [0.4, 0.5) is 5.69 Å².